The SMILES string of the molecule is O=C(C(O)c1cccnc1)N(Cc1ccccc1)Cc1ccccc1. The second-order valence-corrected chi connectivity index (χ2v) is 5.85. The Morgan fingerprint density at radius 3 is 1.92 bits per heavy atom. The molecule has 1 amide bonds. The topological polar surface area (TPSA) is 53.4 Å². The molecule has 1 heterocycles. The molecule has 0 radical (unpaired) electrons. The number of nitrogens with zero attached hydrogens (tertiary/aromatic N) is 2. The number of benzene rings is 2. The Hall–Kier alpha value is -2.98. The second-order valence-electron chi connectivity index (χ2n) is 5.85. The van der Waals surface area contributed by atoms with E-state index in [1.807, 2.05) is 60.7 Å². The fourth-order valence-electron chi connectivity index (χ4n) is 2.67. The lowest BCUT2D eigenvalue weighted by Gasteiger charge is -2.25. The first-order chi connectivity index (χ1) is 12.2. The standard InChI is InChI=1S/C21H20N2O2/c24-20(19-12-7-13-22-14-19)21(25)23(15-17-8-3-1-4-9-17)16-18-10-5-2-6-11-18/h1-14,20,24H,15-16H2. The van der Waals surface area contributed by atoms with Gasteiger partial charge in [-0.2, -0.15) is 0 Å². The number of carbonyl (C=O) groups excluding carboxylic acids is 1. The summed E-state index contributed by atoms with van der Waals surface area (Å²) in [5.74, 6) is -0.333. The summed E-state index contributed by atoms with van der Waals surface area (Å²) in [6.07, 6.45) is 1.92. The average molecular weight is 332 g/mol. The molecular formula is C21H20N2O2. The molecule has 4 nitrogen and oxygen atoms in total. The first kappa shape index (κ1) is 16.9. The van der Waals surface area contributed by atoms with Crippen LogP contribution in [0, 0.1) is 0 Å². The molecule has 1 N–H and O–H groups in total. The van der Waals surface area contributed by atoms with E-state index in [0.29, 0.717) is 18.7 Å². The lowest BCUT2D eigenvalue weighted by atomic mass is 10.1. The Labute approximate surface area is 147 Å². The zero-order valence-corrected chi connectivity index (χ0v) is 13.8. The molecule has 2 aromatic carbocycles. The maximum absolute atomic E-state index is 12.9. The number of rotatable bonds is 6. The molecule has 25 heavy (non-hydrogen) atoms. The van der Waals surface area contributed by atoms with Gasteiger partial charge in [0.1, 0.15) is 0 Å². The summed E-state index contributed by atoms with van der Waals surface area (Å²) in [5, 5.41) is 10.5. The maximum atomic E-state index is 12.9. The van der Waals surface area contributed by atoms with E-state index >= 15 is 0 Å². The molecule has 1 atom stereocenters. The number of amides is 1. The third-order valence-electron chi connectivity index (χ3n) is 3.98. The van der Waals surface area contributed by atoms with Crippen LogP contribution in [-0.4, -0.2) is 20.9 Å². The molecule has 1 aromatic heterocycles. The normalized spacial score (nSPS) is 11.7. The summed E-state index contributed by atoms with van der Waals surface area (Å²) in [4.78, 5) is 18.6. The molecule has 0 bridgehead atoms. The molecule has 0 saturated carbocycles. The van der Waals surface area contributed by atoms with E-state index in [0.717, 1.165) is 11.1 Å². The zero-order chi connectivity index (χ0) is 17.5. The summed E-state index contributed by atoms with van der Waals surface area (Å²) in [6.45, 7) is 0.873. The van der Waals surface area contributed by atoms with E-state index in [1.165, 1.54) is 6.20 Å². The summed E-state index contributed by atoms with van der Waals surface area (Å²) < 4.78 is 0. The Morgan fingerprint density at radius 1 is 0.880 bits per heavy atom. The molecule has 0 saturated heterocycles. The van der Waals surface area contributed by atoms with Crippen LogP contribution in [0.1, 0.15) is 22.8 Å². The molecule has 0 spiro atoms. The fraction of sp³-hybridized carbons (Fsp3) is 0.143. The van der Waals surface area contributed by atoms with Gasteiger partial charge in [0, 0.05) is 31.0 Å². The Morgan fingerprint density at radius 2 is 1.44 bits per heavy atom. The van der Waals surface area contributed by atoms with Crippen molar-refractivity contribution in [2.45, 2.75) is 19.2 Å². The molecule has 0 fully saturated rings. The summed E-state index contributed by atoms with van der Waals surface area (Å²) in [7, 11) is 0. The van der Waals surface area contributed by atoms with Crippen molar-refractivity contribution in [1.29, 1.82) is 0 Å². The minimum absolute atomic E-state index is 0.333. The van der Waals surface area contributed by atoms with Gasteiger partial charge in [-0.15, -0.1) is 0 Å². The number of aliphatic hydroxyl groups excluding tert-OH is 1. The van der Waals surface area contributed by atoms with Crippen LogP contribution in [0.4, 0.5) is 0 Å². The highest BCUT2D eigenvalue weighted by Gasteiger charge is 2.24. The molecule has 4 heteroatoms. The van der Waals surface area contributed by atoms with Crippen molar-refractivity contribution in [2.75, 3.05) is 0 Å². The van der Waals surface area contributed by atoms with Crippen LogP contribution in [0.5, 0.6) is 0 Å². The molecule has 3 rings (SSSR count). The van der Waals surface area contributed by atoms with E-state index in [2.05, 4.69) is 4.98 Å². The first-order valence-corrected chi connectivity index (χ1v) is 8.18. The third-order valence-corrected chi connectivity index (χ3v) is 3.98. The van der Waals surface area contributed by atoms with E-state index in [1.54, 1.807) is 23.2 Å². The summed E-state index contributed by atoms with van der Waals surface area (Å²) in [6, 6.07) is 23.0. The van der Waals surface area contributed by atoms with Crippen molar-refractivity contribution >= 4 is 5.91 Å². The van der Waals surface area contributed by atoms with Crippen LogP contribution in [0.2, 0.25) is 0 Å². The fourth-order valence-corrected chi connectivity index (χ4v) is 2.67. The van der Waals surface area contributed by atoms with E-state index in [4.69, 9.17) is 0 Å². The number of aliphatic hydroxyl groups is 1. The lowest BCUT2D eigenvalue weighted by Crippen LogP contribution is -2.34. The van der Waals surface area contributed by atoms with Crippen molar-refractivity contribution < 1.29 is 9.90 Å². The van der Waals surface area contributed by atoms with E-state index in [9.17, 15) is 9.90 Å². The van der Waals surface area contributed by atoms with Gasteiger partial charge >= 0.3 is 0 Å². The van der Waals surface area contributed by atoms with Gasteiger partial charge in [-0.25, -0.2) is 0 Å². The molecule has 0 aliphatic carbocycles. The van der Waals surface area contributed by atoms with Gasteiger partial charge in [0.05, 0.1) is 0 Å². The van der Waals surface area contributed by atoms with Crippen LogP contribution in [-0.2, 0) is 17.9 Å². The predicted octanol–water partition coefficient (Wildman–Crippen LogP) is 3.34. The molecule has 1 unspecified atom stereocenters. The predicted molar refractivity (Wildman–Crippen MR) is 96.3 cm³/mol. The van der Waals surface area contributed by atoms with Gasteiger partial charge in [-0.1, -0.05) is 66.7 Å². The molecule has 0 aliphatic heterocycles. The number of hydrogen-bond acceptors (Lipinski definition) is 3. The Balaban J connectivity index is 1.83. The number of pyridine rings is 1. The first-order valence-electron chi connectivity index (χ1n) is 8.18. The van der Waals surface area contributed by atoms with Crippen LogP contribution < -0.4 is 0 Å². The van der Waals surface area contributed by atoms with Gasteiger partial charge < -0.3 is 10.0 Å². The molecule has 3 aromatic rings. The van der Waals surface area contributed by atoms with Gasteiger partial charge in [0.25, 0.3) is 5.91 Å². The van der Waals surface area contributed by atoms with Gasteiger partial charge in [0.15, 0.2) is 6.10 Å². The van der Waals surface area contributed by atoms with Crippen molar-refractivity contribution in [3.63, 3.8) is 0 Å². The summed E-state index contributed by atoms with van der Waals surface area (Å²) >= 11 is 0. The lowest BCUT2D eigenvalue weighted by molar-refractivity contribution is -0.141. The number of hydrogen-bond donors (Lipinski definition) is 1. The summed E-state index contributed by atoms with van der Waals surface area (Å²) in [5.41, 5.74) is 2.54. The molecular weight excluding hydrogens is 312 g/mol. The van der Waals surface area contributed by atoms with Gasteiger partial charge in [-0.05, 0) is 17.2 Å². The van der Waals surface area contributed by atoms with Crippen LogP contribution in [0.3, 0.4) is 0 Å². The van der Waals surface area contributed by atoms with Crippen molar-refractivity contribution in [3.8, 4) is 0 Å². The Bertz CT molecular complexity index is 750. The number of aromatic nitrogens is 1. The third kappa shape index (κ3) is 4.52. The largest absolute Gasteiger partial charge is 0.378 e. The van der Waals surface area contributed by atoms with Gasteiger partial charge in [0.2, 0.25) is 0 Å². The quantitative estimate of drug-likeness (QED) is 0.753. The van der Waals surface area contributed by atoms with Crippen molar-refractivity contribution in [1.82, 2.24) is 9.88 Å². The zero-order valence-electron chi connectivity index (χ0n) is 13.8. The van der Waals surface area contributed by atoms with Gasteiger partial charge in [-0.3, -0.25) is 9.78 Å². The highest BCUT2D eigenvalue weighted by Crippen LogP contribution is 2.18. The van der Waals surface area contributed by atoms with Crippen molar-refractivity contribution in [2.24, 2.45) is 0 Å². The smallest absolute Gasteiger partial charge is 0.256 e. The van der Waals surface area contributed by atoms with E-state index < -0.39 is 6.10 Å². The van der Waals surface area contributed by atoms with Crippen molar-refractivity contribution in [3.05, 3.63) is 102 Å². The second kappa shape index (κ2) is 8.22. The van der Waals surface area contributed by atoms with Crippen LogP contribution in [0.15, 0.2) is 85.2 Å². The maximum Gasteiger partial charge on any atom is 0.256 e. The van der Waals surface area contributed by atoms with Crippen LogP contribution >= 0.6 is 0 Å². The average Bonchev–Trinajstić information content (AvgIpc) is 2.68. The van der Waals surface area contributed by atoms with Crippen LogP contribution in [0.25, 0.3) is 0 Å². The molecule has 126 valence electrons. The minimum atomic E-state index is -1.22. The Kier molecular flexibility index (Phi) is 5.54. The number of carbonyl (C=O) groups is 1. The minimum Gasteiger partial charge on any atom is -0.378 e. The highest BCUT2D eigenvalue weighted by molar-refractivity contribution is 5.82. The monoisotopic (exact) mass is 332 g/mol. The van der Waals surface area contributed by atoms with E-state index in [-0.39, 0.29) is 5.91 Å². The molecule has 0 aliphatic rings. The highest BCUT2D eigenvalue weighted by atomic mass is 16.3.